The molecule has 1 rings (SSSR count). The molecule has 6 nitrogen and oxygen atoms in total. The smallest absolute Gasteiger partial charge is 0.305 e. The maximum Gasteiger partial charge on any atom is 0.305 e. The number of halogens is 1. The first-order chi connectivity index (χ1) is 9.95. The SMILES string of the molecule is CCCCCNC(=O)C(C)Oc1ccc([N+](=O)[O-])c(F)c1. The average molecular weight is 298 g/mol. The lowest BCUT2D eigenvalue weighted by Gasteiger charge is -2.14. The van der Waals surface area contributed by atoms with Gasteiger partial charge in [0.05, 0.1) is 4.92 Å². The molecule has 21 heavy (non-hydrogen) atoms. The third kappa shape index (κ3) is 5.37. The number of ether oxygens (including phenoxy) is 1. The van der Waals surface area contributed by atoms with Crippen LogP contribution in [0.25, 0.3) is 0 Å². The minimum Gasteiger partial charge on any atom is -0.481 e. The van der Waals surface area contributed by atoms with Crippen LogP contribution in [0.3, 0.4) is 0 Å². The Morgan fingerprint density at radius 3 is 2.76 bits per heavy atom. The van der Waals surface area contributed by atoms with Crippen LogP contribution in [-0.2, 0) is 4.79 Å². The van der Waals surface area contributed by atoms with Gasteiger partial charge in [0.15, 0.2) is 6.10 Å². The lowest BCUT2D eigenvalue weighted by atomic mass is 10.2. The van der Waals surface area contributed by atoms with E-state index in [2.05, 4.69) is 12.2 Å². The summed E-state index contributed by atoms with van der Waals surface area (Å²) in [6, 6.07) is 3.18. The van der Waals surface area contributed by atoms with Crippen LogP contribution in [-0.4, -0.2) is 23.5 Å². The highest BCUT2D eigenvalue weighted by atomic mass is 19.1. The van der Waals surface area contributed by atoms with Crippen LogP contribution < -0.4 is 10.1 Å². The zero-order valence-electron chi connectivity index (χ0n) is 12.1. The maximum absolute atomic E-state index is 13.4. The lowest BCUT2D eigenvalue weighted by molar-refractivity contribution is -0.387. The summed E-state index contributed by atoms with van der Waals surface area (Å²) in [5, 5.41) is 13.2. The van der Waals surface area contributed by atoms with Crippen molar-refractivity contribution >= 4 is 11.6 Å². The second-order valence-electron chi connectivity index (χ2n) is 4.63. The molecule has 0 aromatic heterocycles. The first-order valence-electron chi connectivity index (χ1n) is 6.84. The van der Waals surface area contributed by atoms with E-state index in [0.717, 1.165) is 31.4 Å². The predicted octanol–water partition coefficient (Wildman–Crippen LogP) is 2.81. The van der Waals surface area contributed by atoms with Gasteiger partial charge in [0.1, 0.15) is 5.75 Å². The largest absolute Gasteiger partial charge is 0.481 e. The van der Waals surface area contributed by atoms with Crippen molar-refractivity contribution in [3.8, 4) is 5.75 Å². The molecule has 0 radical (unpaired) electrons. The number of nitro benzene ring substituents is 1. The zero-order chi connectivity index (χ0) is 15.8. The summed E-state index contributed by atoms with van der Waals surface area (Å²) >= 11 is 0. The van der Waals surface area contributed by atoms with Gasteiger partial charge in [-0.25, -0.2) is 0 Å². The summed E-state index contributed by atoms with van der Waals surface area (Å²) in [6.07, 6.45) is 2.18. The molecule has 1 amide bonds. The van der Waals surface area contributed by atoms with E-state index in [1.165, 1.54) is 13.0 Å². The van der Waals surface area contributed by atoms with Crippen LogP contribution in [0.4, 0.5) is 10.1 Å². The van der Waals surface area contributed by atoms with E-state index in [-0.39, 0.29) is 11.7 Å². The third-order valence-corrected chi connectivity index (χ3v) is 2.88. The van der Waals surface area contributed by atoms with Gasteiger partial charge in [-0.1, -0.05) is 19.8 Å². The molecule has 0 fully saturated rings. The molecular weight excluding hydrogens is 279 g/mol. The summed E-state index contributed by atoms with van der Waals surface area (Å²) in [5.41, 5.74) is -0.626. The Balaban J connectivity index is 2.54. The third-order valence-electron chi connectivity index (χ3n) is 2.88. The van der Waals surface area contributed by atoms with Crippen LogP contribution in [0, 0.1) is 15.9 Å². The Labute approximate surface area is 122 Å². The van der Waals surface area contributed by atoms with Crippen molar-refractivity contribution < 1.29 is 18.8 Å². The minimum atomic E-state index is -0.993. The van der Waals surface area contributed by atoms with Crippen LogP contribution in [0.15, 0.2) is 18.2 Å². The number of nitrogens with zero attached hydrogens (tertiary/aromatic N) is 1. The van der Waals surface area contributed by atoms with Gasteiger partial charge in [0.25, 0.3) is 5.91 Å². The Bertz CT molecular complexity index is 508. The predicted molar refractivity (Wildman–Crippen MR) is 75.7 cm³/mol. The van der Waals surface area contributed by atoms with Gasteiger partial charge in [-0.2, -0.15) is 4.39 Å². The average Bonchev–Trinajstić information content (AvgIpc) is 2.43. The summed E-state index contributed by atoms with van der Waals surface area (Å²) < 4.78 is 18.7. The zero-order valence-corrected chi connectivity index (χ0v) is 12.1. The van der Waals surface area contributed by atoms with Gasteiger partial charge >= 0.3 is 5.69 Å². The number of carbonyl (C=O) groups is 1. The van der Waals surface area contributed by atoms with Crippen molar-refractivity contribution in [3.63, 3.8) is 0 Å². The highest BCUT2D eigenvalue weighted by molar-refractivity contribution is 5.80. The highest BCUT2D eigenvalue weighted by Gasteiger charge is 2.18. The van der Waals surface area contributed by atoms with Crippen molar-refractivity contribution in [2.45, 2.75) is 39.2 Å². The second kappa shape index (κ2) is 8.18. The lowest BCUT2D eigenvalue weighted by Crippen LogP contribution is -2.36. The fourth-order valence-corrected chi connectivity index (χ4v) is 1.70. The van der Waals surface area contributed by atoms with E-state index in [4.69, 9.17) is 4.74 Å². The van der Waals surface area contributed by atoms with Crippen molar-refractivity contribution in [1.29, 1.82) is 0 Å². The van der Waals surface area contributed by atoms with Crippen molar-refractivity contribution in [3.05, 3.63) is 34.1 Å². The monoisotopic (exact) mass is 298 g/mol. The molecule has 0 aliphatic rings. The summed E-state index contributed by atoms with van der Waals surface area (Å²) in [7, 11) is 0. The first-order valence-corrected chi connectivity index (χ1v) is 6.84. The molecule has 1 aromatic rings. The summed E-state index contributed by atoms with van der Waals surface area (Å²) in [5.74, 6) is -1.22. The van der Waals surface area contributed by atoms with Crippen molar-refractivity contribution in [2.24, 2.45) is 0 Å². The second-order valence-corrected chi connectivity index (χ2v) is 4.63. The fraction of sp³-hybridized carbons (Fsp3) is 0.500. The summed E-state index contributed by atoms with van der Waals surface area (Å²) in [6.45, 7) is 4.17. The molecule has 1 N–H and O–H groups in total. The molecule has 0 heterocycles. The Hall–Kier alpha value is -2.18. The Morgan fingerprint density at radius 1 is 1.48 bits per heavy atom. The van der Waals surface area contributed by atoms with E-state index >= 15 is 0 Å². The van der Waals surface area contributed by atoms with E-state index in [0.29, 0.717) is 6.54 Å². The molecular formula is C14H19FN2O4. The van der Waals surface area contributed by atoms with Gasteiger partial charge in [-0.05, 0) is 19.4 Å². The van der Waals surface area contributed by atoms with E-state index < -0.39 is 22.5 Å². The number of amides is 1. The van der Waals surface area contributed by atoms with Crippen LogP contribution >= 0.6 is 0 Å². The number of rotatable bonds is 8. The van der Waals surface area contributed by atoms with Crippen LogP contribution in [0.2, 0.25) is 0 Å². The molecule has 1 atom stereocenters. The Kier molecular flexibility index (Phi) is 6.58. The standard InChI is InChI=1S/C14H19FN2O4/c1-3-4-5-8-16-14(18)10(2)21-11-6-7-13(17(19)20)12(15)9-11/h6-7,9-10H,3-5,8H2,1-2H3,(H,16,18). The number of unbranched alkanes of at least 4 members (excludes halogenated alkanes) is 2. The number of nitrogens with one attached hydrogen (secondary N) is 1. The van der Waals surface area contributed by atoms with E-state index in [9.17, 15) is 19.3 Å². The maximum atomic E-state index is 13.4. The highest BCUT2D eigenvalue weighted by Crippen LogP contribution is 2.23. The molecule has 0 aliphatic carbocycles. The summed E-state index contributed by atoms with van der Waals surface area (Å²) in [4.78, 5) is 21.4. The number of hydrogen-bond donors (Lipinski definition) is 1. The van der Waals surface area contributed by atoms with E-state index in [1.807, 2.05) is 0 Å². The Morgan fingerprint density at radius 2 is 2.19 bits per heavy atom. The first kappa shape index (κ1) is 16.9. The molecule has 0 saturated carbocycles. The number of nitro groups is 1. The van der Waals surface area contributed by atoms with Crippen molar-refractivity contribution in [1.82, 2.24) is 5.32 Å². The number of carbonyl (C=O) groups excluding carboxylic acids is 1. The topological polar surface area (TPSA) is 81.5 Å². The van der Waals surface area contributed by atoms with Crippen LogP contribution in [0.1, 0.15) is 33.1 Å². The number of hydrogen-bond acceptors (Lipinski definition) is 4. The normalized spacial score (nSPS) is 11.8. The fourth-order valence-electron chi connectivity index (χ4n) is 1.70. The minimum absolute atomic E-state index is 0.0781. The van der Waals surface area contributed by atoms with E-state index in [1.54, 1.807) is 0 Å². The molecule has 0 spiro atoms. The van der Waals surface area contributed by atoms with Crippen molar-refractivity contribution in [2.75, 3.05) is 6.54 Å². The van der Waals surface area contributed by atoms with Gasteiger partial charge < -0.3 is 10.1 Å². The molecule has 0 bridgehead atoms. The molecule has 116 valence electrons. The van der Waals surface area contributed by atoms with Gasteiger partial charge in [0, 0.05) is 18.7 Å². The number of benzene rings is 1. The molecule has 0 aliphatic heterocycles. The van der Waals surface area contributed by atoms with Gasteiger partial charge in [-0.15, -0.1) is 0 Å². The van der Waals surface area contributed by atoms with Gasteiger partial charge in [-0.3, -0.25) is 14.9 Å². The molecule has 1 unspecified atom stereocenters. The van der Waals surface area contributed by atoms with Gasteiger partial charge in [0.2, 0.25) is 5.82 Å². The molecule has 1 aromatic carbocycles. The van der Waals surface area contributed by atoms with Crippen LogP contribution in [0.5, 0.6) is 5.75 Å². The molecule has 7 heteroatoms. The quantitative estimate of drug-likeness (QED) is 0.454. The molecule has 0 saturated heterocycles.